The number of halogens is 3. The van der Waals surface area contributed by atoms with Gasteiger partial charge in [0.2, 0.25) is 5.91 Å². The maximum atomic E-state index is 13.9. The summed E-state index contributed by atoms with van der Waals surface area (Å²) in [4.78, 5) is 12.5. The van der Waals surface area contributed by atoms with Crippen molar-refractivity contribution in [1.29, 1.82) is 5.26 Å². The Hall–Kier alpha value is -2.90. The number of carbonyl (C=O) groups is 1. The van der Waals surface area contributed by atoms with Gasteiger partial charge in [0.1, 0.15) is 12.6 Å². The molecule has 0 aromatic heterocycles. The van der Waals surface area contributed by atoms with Crippen LogP contribution >= 0.6 is 0 Å². The van der Waals surface area contributed by atoms with Crippen molar-refractivity contribution in [1.82, 2.24) is 10.6 Å². The number of amides is 1. The fourth-order valence-electron chi connectivity index (χ4n) is 3.32. The van der Waals surface area contributed by atoms with Crippen LogP contribution in [0.1, 0.15) is 31.9 Å². The monoisotopic (exact) mass is 481 g/mol. The van der Waals surface area contributed by atoms with E-state index in [1.54, 1.807) is 32.0 Å². The lowest BCUT2D eigenvalue weighted by molar-refractivity contribution is -0.161. The zero-order valence-corrected chi connectivity index (χ0v) is 19.3. The Kier molecular flexibility index (Phi) is 8.63. The van der Waals surface area contributed by atoms with Gasteiger partial charge in [0, 0.05) is 6.26 Å². The van der Waals surface area contributed by atoms with Crippen LogP contribution in [-0.4, -0.2) is 39.3 Å². The third-order valence-corrected chi connectivity index (χ3v) is 6.05. The van der Waals surface area contributed by atoms with Crippen LogP contribution in [0.3, 0.4) is 0 Å². The molecule has 0 saturated heterocycles. The molecule has 0 fully saturated rings. The molecule has 0 radical (unpaired) electrons. The van der Waals surface area contributed by atoms with Gasteiger partial charge in [-0.3, -0.25) is 10.1 Å². The van der Waals surface area contributed by atoms with Gasteiger partial charge in [-0.1, -0.05) is 50.2 Å². The highest BCUT2D eigenvalue weighted by molar-refractivity contribution is 7.90. The predicted octanol–water partition coefficient (Wildman–Crippen LogP) is 4.00. The van der Waals surface area contributed by atoms with Crippen LogP contribution in [-0.2, 0) is 14.6 Å². The summed E-state index contributed by atoms with van der Waals surface area (Å²) in [6.07, 6.45) is -3.41. The van der Waals surface area contributed by atoms with Crippen LogP contribution in [0.25, 0.3) is 11.1 Å². The number of carbonyl (C=O) groups excluding carboxylic acids is 1. The number of alkyl halides is 3. The lowest BCUT2D eigenvalue weighted by Gasteiger charge is -2.28. The van der Waals surface area contributed by atoms with Crippen molar-refractivity contribution in [2.24, 2.45) is 5.92 Å². The number of nitrogens with one attached hydrogen (secondary N) is 2. The quantitative estimate of drug-likeness (QED) is 0.528. The molecule has 0 aliphatic heterocycles. The highest BCUT2D eigenvalue weighted by Gasteiger charge is 2.42. The van der Waals surface area contributed by atoms with Gasteiger partial charge in [0.25, 0.3) is 0 Å². The second-order valence-corrected chi connectivity index (χ2v) is 10.1. The molecule has 0 aliphatic carbocycles. The molecule has 2 aromatic rings. The molecule has 2 N–H and O–H groups in total. The molecule has 10 heteroatoms. The number of hydrogen-bond donors (Lipinski definition) is 2. The molecular formula is C23H26F3N3O3S. The van der Waals surface area contributed by atoms with Crippen LogP contribution in [0.5, 0.6) is 0 Å². The van der Waals surface area contributed by atoms with Gasteiger partial charge in [-0.15, -0.1) is 0 Å². The highest BCUT2D eigenvalue weighted by Crippen LogP contribution is 2.34. The number of benzene rings is 2. The number of sulfone groups is 1. The normalized spacial score (nSPS) is 13.9. The van der Waals surface area contributed by atoms with Crippen molar-refractivity contribution in [2.75, 3.05) is 12.8 Å². The van der Waals surface area contributed by atoms with Crippen molar-refractivity contribution in [2.45, 2.75) is 43.4 Å². The van der Waals surface area contributed by atoms with Crippen molar-refractivity contribution in [3.8, 4) is 17.2 Å². The average Bonchev–Trinajstić information content (AvgIpc) is 2.73. The van der Waals surface area contributed by atoms with E-state index in [1.807, 2.05) is 0 Å². The lowest BCUT2D eigenvalue weighted by Crippen LogP contribution is -2.49. The smallest absolute Gasteiger partial charge is 0.342 e. The molecule has 0 aliphatic rings. The van der Waals surface area contributed by atoms with Crippen LogP contribution in [0.15, 0.2) is 53.4 Å². The van der Waals surface area contributed by atoms with Gasteiger partial charge >= 0.3 is 6.18 Å². The minimum atomic E-state index is -4.66. The molecule has 2 atom stereocenters. The minimum Gasteiger partial charge on any atom is -0.342 e. The van der Waals surface area contributed by atoms with E-state index in [2.05, 4.69) is 10.6 Å². The lowest BCUT2D eigenvalue weighted by atomic mass is 9.97. The molecule has 0 spiro atoms. The minimum absolute atomic E-state index is 0.0542. The summed E-state index contributed by atoms with van der Waals surface area (Å²) >= 11 is 0. The molecule has 0 saturated carbocycles. The summed E-state index contributed by atoms with van der Waals surface area (Å²) in [6, 6.07) is 10.2. The molecule has 0 heterocycles. The maximum absolute atomic E-state index is 13.9. The molecule has 33 heavy (non-hydrogen) atoms. The Morgan fingerprint density at radius 1 is 1.03 bits per heavy atom. The fourth-order valence-corrected chi connectivity index (χ4v) is 3.95. The number of nitriles is 1. The Morgan fingerprint density at radius 2 is 1.55 bits per heavy atom. The summed E-state index contributed by atoms with van der Waals surface area (Å²) < 4.78 is 64.9. The van der Waals surface area contributed by atoms with Crippen LogP contribution in [0, 0.1) is 17.2 Å². The maximum Gasteiger partial charge on any atom is 0.407 e. The largest absolute Gasteiger partial charge is 0.407 e. The van der Waals surface area contributed by atoms with E-state index in [9.17, 15) is 26.4 Å². The van der Waals surface area contributed by atoms with Gasteiger partial charge in [0.15, 0.2) is 9.84 Å². The Morgan fingerprint density at radius 3 is 1.97 bits per heavy atom. The van der Waals surface area contributed by atoms with Gasteiger partial charge < -0.3 is 5.32 Å². The third kappa shape index (κ3) is 7.58. The van der Waals surface area contributed by atoms with Crippen LogP contribution in [0.2, 0.25) is 0 Å². The van der Waals surface area contributed by atoms with Crippen molar-refractivity contribution < 1.29 is 26.4 Å². The second kappa shape index (κ2) is 10.8. The molecule has 2 rings (SSSR count). The van der Waals surface area contributed by atoms with Gasteiger partial charge in [-0.05, 0) is 41.2 Å². The third-order valence-electron chi connectivity index (χ3n) is 4.92. The standard InChI is InChI=1S/C23H26F3N3O3S/c1-15(2)14-20(22(30)28-13-12-27)29-21(23(24,25)26)18-6-4-16(5-7-18)17-8-10-19(11-9-17)33(3,31)32/h4-11,15,20-21,29H,13-14H2,1-3H3,(H,28,30)/t20-,21-/m1/s1. The van der Waals surface area contributed by atoms with E-state index in [0.717, 1.165) is 6.26 Å². The van der Waals surface area contributed by atoms with E-state index in [0.29, 0.717) is 11.1 Å². The Bertz CT molecular complexity index is 1090. The molecule has 6 nitrogen and oxygen atoms in total. The topological polar surface area (TPSA) is 99.1 Å². The van der Waals surface area contributed by atoms with Crippen molar-refractivity contribution in [3.05, 3.63) is 54.1 Å². The summed E-state index contributed by atoms with van der Waals surface area (Å²) in [7, 11) is -3.35. The summed E-state index contributed by atoms with van der Waals surface area (Å²) in [6.45, 7) is 3.29. The Balaban J connectivity index is 2.31. The molecule has 178 valence electrons. The molecule has 2 aromatic carbocycles. The first-order valence-corrected chi connectivity index (χ1v) is 12.1. The van der Waals surface area contributed by atoms with Crippen molar-refractivity contribution >= 4 is 15.7 Å². The first kappa shape index (κ1) is 26.4. The zero-order chi connectivity index (χ0) is 24.8. The fraction of sp³-hybridized carbons (Fsp3) is 0.391. The highest BCUT2D eigenvalue weighted by atomic mass is 32.2. The summed E-state index contributed by atoms with van der Waals surface area (Å²) in [5.41, 5.74) is 1.20. The van der Waals surface area contributed by atoms with E-state index in [-0.39, 0.29) is 29.3 Å². The molecule has 1 amide bonds. The van der Waals surface area contributed by atoms with Crippen LogP contribution in [0.4, 0.5) is 13.2 Å². The Labute approximate surface area is 191 Å². The van der Waals surface area contributed by atoms with E-state index in [1.165, 1.54) is 36.4 Å². The predicted molar refractivity (Wildman–Crippen MR) is 119 cm³/mol. The van der Waals surface area contributed by atoms with E-state index in [4.69, 9.17) is 5.26 Å². The first-order chi connectivity index (χ1) is 15.3. The summed E-state index contributed by atoms with van der Waals surface area (Å²) in [5, 5.41) is 13.4. The number of hydrogen-bond acceptors (Lipinski definition) is 5. The SMILES string of the molecule is CC(C)C[C@@H](N[C@H](c1ccc(-c2ccc(S(C)(=O)=O)cc2)cc1)C(F)(F)F)C(=O)NCC#N. The van der Waals surface area contributed by atoms with E-state index < -0.39 is 34.0 Å². The van der Waals surface area contributed by atoms with Crippen molar-refractivity contribution in [3.63, 3.8) is 0 Å². The molecule has 0 unspecified atom stereocenters. The second-order valence-electron chi connectivity index (χ2n) is 8.12. The van der Waals surface area contributed by atoms with Gasteiger partial charge in [-0.25, -0.2) is 8.42 Å². The number of rotatable bonds is 9. The average molecular weight is 482 g/mol. The molecular weight excluding hydrogens is 455 g/mol. The van der Waals surface area contributed by atoms with Gasteiger partial charge in [-0.2, -0.15) is 18.4 Å². The zero-order valence-electron chi connectivity index (χ0n) is 18.5. The molecule has 0 bridgehead atoms. The van der Waals surface area contributed by atoms with Gasteiger partial charge in [0.05, 0.1) is 17.0 Å². The first-order valence-electron chi connectivity index (χ1n) is 10.2. The van der Waals surface area contributed by atoms with E-state index >= 15 is 0 Å². The van der Waals surface area contributed by atoms with Crippen LogP contribution < -0.4 is 10.6 Å². The summed E-state index contributed by atoms with van der Waals surface area (Å²) in [5.74, 6) is -0.719. The number of nitrogens with zero attached hydrogens (tertiary/aromatic N) is 1.